The van der Waals surface area contributed by atoms with Crippen LogP contribution >= 0.6 is 11.8 Å². The van der Waals surface area contributed by atoms with Gasteiger partial charge in [0.25, 0.3) is 0 Å². The van der Waals surface area contributed by atoms with Crippen LogP contribution in [0.3, 0.4) is 0 Å². The molecule has 6 rings (SSSR count). The Bertz CT molecular complexity index is 1500. The fourth-order valence-corrected chi connectivity index (χ4v) is 6.84. The summed E-state index contributed by atoms with van der Waals surface area (Å²) in [7, 11) is 0. The summed E-state index contributed by atoms with van der Waals surface area (Å²) in [6.07, 6.45) is -5.48. The highest BCUT2D eigenvalue weighted by atomic mass is 32.2. The highest BCUT2D eigenvalue weighted by molar-refractivity contribution is 8.00. The Morgan fingerprint density at radius 1 is 0.667 bits per heavy atom. The van der Waals surface area contributed by atoms with Crippen molar-refractivity contribution in [3.63, 3.8) is 0 Å². The van der Waals surface area contributed by atoms with E-state index in [9.17, 15) is 39.4 Å². The number of ether oxygens (including phenoxy) is 2. The SMILES string of the molecule is OCC1O[C@@H](SC2O[C@H](CO)C(O)C(n3cc(-c4cccc(F)c4)nn3)[C@H]2O)C(O)[C@@H](n2cc(-c3cccc(F)c3)nn2)[C@H]1O. The fourth-order valence-electron chi connectivity index (χ4n) is 5.52. The second kappa shape index (κ2) is 13.1. The number of aliphatic hydroxyl groups excluding tert-OH is 6. The molecule has 0 radical (unpaired) electrons. The molecular weight excluding hydrogens is 618 g/mol. The van der Waals surface area contributed by atoms with Gasteiger partial charge in [0.05, 0.1) is 25.6 Å². The van der Waals surface area contributed by atoms with E-state index in [1.54, 1.807) is 12.1 Å². The topological polar surface area (TPSA) is 201 Å². The van der Waals surface area contributed by atoms with Gasteiger partial charge in [0.2, 0.25) is 0 Å². The van der Waals surface area contributed by atoms with Crippen molar-refractivity contribution in [3.05, 3.63) is 72.6 Å². The lowest BCUT2D eigenvalue weighted by Crippen LogP contribution is -2.58. The van der Waals surface area contributed by atoms with Crippen molar-refractivity contribution in [1.29, 1.82) is 0 Å². The summed E-state index contributed by atoms with van der Waals surface area (Å²) in [6, 6.07) is 8.88. The van der Waals surface area contributed by atoms with Gasteiger partial charge in [-0.05, 0) is 24.3 Å². The van der Waals surface area contributed by atoms with Crippen LogP contribution in [0.5, 0.6) is 0 Å². The van der Waals surface area contributed by atoms with E-state index in [0.29, 0.717) is 11.1 Å². The molecule has 6 N–H and O–H groups in total. The highest BCUT2D eigenvalue weighted by Gasteiger charge is 2.51. The minimum atomic E-state index is -1.51. The van der Waals surface area contributed by atoms with Crippen LogP contribution in [0.25, 0.3) is 22.5 Å². The molecule has 10 atom stereocenters. The Kier molecular flexibility index (Phi) is 9.23. The third-order valence-electron chi connectivity index (χ3n) is 7.84. The first-order chi connectivity index (χ1) is 21.7. The molecule has 0 bridgehead atoms. The summed E-state index contributed by atoms with van der Waals surface area (Å²) in [5, 5.41) is 80.8. The Hall–Kier alpha value is -3.39. The summed E-state index contributed by atoms with van der Waals surface area (Å²) in [5.41, 5.74) is -1.10. The molecule has 0 spiro atoms. The van der Waals surface area contributed by atoms with Crippen molar-refractivity contribution in [2.24, 2.45) is 0 Å². The van der Waals surface area contributed by atoms with Crippen LogP contribution in [0.1, 0.15) is 12.1 Å². The molecule has 45 heavy (non-hydrogen) atoms. The van der Waals surface area contributed by atoms with Gasteiger partial charge in [-0.3, -0.25) is 0 Å². The van der Waals surface area contributed by atoms with E-state index in [2.05, 4.69) is 20.6 Å². The van der Waals surface area contributed by atoms with E-state index < -0.39 is 84.4 Å². The number of aromatic nitrogens is 6. The monoisotopic (exact) mass is 648 g/mol. The number of benzene rings is 2. The lowest BCUT2D eigenvalue weighted by atomic mass is 9.97. The van der Waals surface area contributed by atoms with Crippen LogP contribution in [0, 0.1) is 11.6 Å². The van der Waals surface area contributed by atoms with Crippen LogP contribution in [-0.2, 0) is 9.47 Å². The zero-order valence-corrected chi connectivity index (χ0v) is 24.1. The molecule has 2 saturated heterocycles. The molecular formula is C28H30F2N6O8S. The lowest BCUT2D eigenvalue weighted by molar-refractivity contribution is -0.189. The smallest absolute Gasteiger partial charge is 0.134 e. The van der Waals surface area contributed by atoms with Crippen molar-refractivity contribution >= 4 is 11.8 Å². The quantitative estimate of drug-likeness (QED) is 0.148. The van der Waals surface area contributed by atoms with Crippen molar-refractivity contribution in [3.8, 4) is 22.5 Å². The van der Waals surface area contributed by atoms with Gasteiger partial charge in [0.1, 0.15) is 82.6 Å². The summed E-state index contributed by atoms with van der Waals surface area (Å²) in [5.74, 6) is -0.978. The van der Waals surface area contributed by atoms with Crippen molar-refractivity contribution in [2.45, 2.75) is 59.6 Å². The maximum Gasteiger partial charge on any atom is 0.134 e. The van der Waals surface area contributed by atoms with Crippen molar-refractivity contribution in [1.82, 2.24) is 30.0 Å². The molecule has 0 amide bonds. The van der Waals surface area contributed by atoms with Gasteiger partial charge in [0.15, 0.2) is 0 Å². The van der Waals surface area contributed by atoms with Crippen LogP contribution in [0.4, 0.5) is 8.78 Å². The first-order valence-corrected chi connectivity index (χ1v) is 14.9. The van der Waals surface area contributed by atoms with Gasteiger partial charge in [0, 0.05) is 11.1 Å². The molecule has 2 aromatic carbocycles. The van der Waals surface area contributed by atoms with Gasteiger partial charge in [-0.25, -0.2) is 18.1 Å². The number of hydrogen-bond donors (Lipinski definition) is 6. The molecule has 2 aromatic heterocycles. The second-order valence-corrected chi connectivity index (χ2v) is 11.9. The van der Waals surface area contributed by atoms with Gasteiger partial charge >= 0.3 is 0 Å². The minimum absolute atomic E-state index is 0.268. The molecule has 2 fully saturated rings. The Morgan fingerprint density at radius 2 is 1.09 bits per heavy atom. The van der Waals surface area contributed by atoms with Crippen LogP contribution in [0.15, 0.2) is 60.9 Å². The van der Waals surface area contributed by atoms with E-state index in [1.165, 1.54) is 58.2 Å². The third kappa shape index (κ3) is 6.23. The Balaban J connectivity index is 1.25. The number of rotatable bonds is 8. The molecule has 5 unspecified atom stereocenters. The summed E-state index contributed by atoms with van der Waals surface area (Å²) >= 11 is 0.796. The van der Waals surface area contributed by atoms with E-state index >= 15 is 0 Å². The maximum atomic E-state index is 13.8. The largest absolute Gasteiger partial charge is 0.394 e. The molecule has 2 aliphatic rings. The first kappa shape index (κ1) is 31.6. The van der Waals surface area contributed by atoms with Gasteiger partial charge in [-0.2, -0.15) is 0 Å². The van der Waals surface area contributed by atoms with E-state index in [-0.39, 0.29) is 11.4 Å². The number of hydrogen-bond acceptors (Lipinski definition) is 13. The van der Waals surface area contributed by atoms with Crippen molar-refractivity contribution < 1.29 is 48.9 Å². The van der Waals surface area contributed by atoms with Crippen molar-refractivity contribution in [2.75, 3.05) is 13.2 Å². The second-order valence-electron chi connectivity index (χ2n) is 10.7. The molecule has 0 saturated carbocycles. The van der Waals surface area contributed by atoms with E-state index in [1.807, 2.05) is 0 Å². The molecule has 2 aliphatic heterocycles. The van der Waals surface area contributed by atoms with Gasteiger partial charge in [-0.1, -0.05) is 46.5 Å². The Labute approximate surface area is 258 Å². The number of nitrogens with zero attached hydrogens (tertiary/aromatic N) is 6. The predicted molar refractivity (Wildman–Crippen MR) is 152 cm³/mol. The molecule has 4 heterocycles. The lowest BCUT2D eigenvalue weighted by Gasteiger charge is -2.46. The average Bonchev–Trinajstić information content (AvgIpc) is 3.71. The first-order valence-electron chi connectivity index (χ1n) is 13.9. The molecule has 4 aromatic rings. The summed E-state index contributed by atoms with van der Waals surface area (Å²) in [4.78, 5) is 0. The molecule has 14 nitrogen and oxygen atoms in total. The van der Waals surface area contributed by atoms with Crippen LogP contribution in [0.2, 0.25) is 0 Å². The standard InChI is InChI=1S/C28H30F2N6O8S/c29-15-5-1-3-13(7-15)17-9-35(33-31-17)21-23(39)19(11-37)43-27(25(21)41)45-28-26(42)22(24(40)20(12-38)44-28)36-10-18(32-34-36)14-4-2-6-16(30)8-14/h1-10,19-28,37-42H,11-12H2/t19-,20?,21?,22+,23?,24+,25-,26?,27?,28+/m1/s1. The Morgan fingerprint density at radius 3 is 1.47 bits per heavy atom. The molecule has 0 aliphatic carbocycles. The normalized spacial score (nSPS) is 32.1. The zero-order chi connectivity index (χ0) is 31.8. The van der Waals surface area contributed by atoms with E-state index in [0.717, 1.165) is 11.8 Å². The molecule has 17 heteroatoms. The van der Waals surface area contributed by atoms with E-state index in [4.69, 9.17) is 9.47 Å². The predicted octanol–water partition coefficient (Wildman–Crippen LogP) is -0.125. The summed E-state index contributed by atoms with van der Waals surface area (Å²) in [6.45, 7) is -1.27. The molecule has 240 valence electrons. The third-order valence-corrected chi connectivity index (χ3v) is 9.15. The minimum Gasteiger partial charge on any atom is -0.394 e. The summed E-state index contributed by atoms with van der Waals surface area (Å²) < 4.78 is 41.5. The number of halogens is 2. The fraction of sp³-hybridized carbons (Fsp3) is 0.429. The zero-order valence-electron chi connectivity index (χ0n) is 23.3. The number of aliphatic hydroxyl groups is 6. The van der Waals surface area contributed by atoms with Crippen LogP contribution in [-0.4, -0.2) is 121 Å². The van der Waals surface area contributed by atoms with Crippen LogP contribution < -0.4 is 0 Å². The highest BCUT2D eigenvalue weighted by Crippen LogP contribution is 2.42. The maximum absolute atomic E-state index is 13.8. The van der Waals surface area contributed by atoms with Gasteiger partial charge < -0.3 is 40.1 Å². The average molecular weight is 649 g/mol. The number of thioether (sulfide) groups is 1. The van der Waals surface area contributed by atoms with Gasteiger partial charge in [-0.15, -0.1) is 10.2 Å².